The molecule has 0 N–H and O–H groups in total. The topological polar surface area (TPSA) is 78.0 Å². The van der Waals surface area contributed by atoms with Gasteiger partial charge in [-0.3, -0.25) is 9.59 Å². The molecule has 0 spiro atoms. The molecule has 2 heterocycles. The molecule has 0 aromatic heterocycles. The van der Waals surface area contributed by atoms with Crippen molar-refractivity contribution in [3.8, 4) is 0 Å². The highest BCUT2D eigenvalue weighted by Gasteiger charge is 2.38. The molecule has 1 amide bonds. The van der Waals surface area contributed by atoms with Crippen LogP contribution in [0.1, 0.15) is 15.9 Å². The Balaban J connectivity index is 1.49. The van der Waals surface area contributed by atoms with E-state index in [0.29, 0.717) is 31.9 Å². The Morgan fingerprint density at radius 1 is 0.875 bits per heavy atom. The molecule has 5 rings (SSSR count). The number of amides is 1. The molecule has 0 saturated carbocycles. The number of hydrogen-bond acceptors (Lipinski definition) is 5. The third-order valence-corrected chi connectivity index (χ3v) is 8.15. The predicted molar refractivity (Wildman–Crippen MR) is 122 cm³/mol. The van der Waals surface area contributed by atoms with Crippen LogP contribution in [-0.4, -0.2) is 62.5 Å². The molecule has 0 atom stereocenters. The SMILES string of the molecule is CN1CCN(S(=O)(=O)c2ccc3c(c2)C(=O)C(=O)N3Cc2cccc3ccccc23)CC1. The average molecular weight is 450 g/mol. The zero-order valence-electron chi connectivity index (χ0n) is 17.7. The summed E-state index contributed by atoms with van der Waals surface area (Å²) in [6, 6.07) is 18.2. The summed E-state index contributed by atoms with van der Waals surface area (Å²) < 4.78 is 27.6. The fourth-order valence-corrected chi connectivity index (χ4v) is 5.82. The fourth-order valence-electron chi connectivity index (χ4n) is 4.38. The second-order valence-corrected chi connectivity index (χ2v) is 10.2. The van der Waals surface area contributed by atoms with Crippen LogP contribution in [0.25, 0.3) is 10.8 Å². The van der Waals surface area contributed by atoms with Crippen molar-refractivity contribution in [1.29, 1.82) is 0 Å². The largest absolute Gasteiger partial charge is 0.304 e. The maximum atomic E-state index is 13.1. The summed E-state index contributed by atoms with van der Waals surface area (Å²) in [6.45, 7) is 2.34. The molecule has 3 aromatic rings. The van der Waals surface area contributed by atoms with E-state index in [-0.39, 0.29) is 17.0 Å². The molecule has 164 valence electrons. The van der Waals surface area contributed by atoms with Gasteiger partial charge in [0.05, 0.1) is 22.7 Å². The van der Waals surface area contributed by atoms with Gasteiger partial charge in [0.15, 0.2) is 0 Å². The number of anilines is 1. The summed E-state index contributed by atoms with van der Waals surface area (Å²) in [4.78, 5) is 29.1. The number of hydrogen-bond donors (Lipinski definition) is 0. The Labute approximate surface area is 186 Å². The first-order valence-corrected chi connectivity index (χ1v) is 12.0. The highest BCUT2D eigenvalue weighted by atomic mass is 32.2. The Morgan fingerprint density at radius 2 is 1.59 bits per heavy atom. The van der Waals surface area contributed by atoms with E-state index in [1.54, 1.807) is 6.07 Å². The van der Waals surface area contributed by atoms with E-state index in [1.165, 1.54) is 21.3 Å². The van der Waals surface area contributed by atoms with Gasteiger partial charge < -0.3 is 9.80 Å². The maximum Gasteiger partial charge on any atom is 0.299 e. The minimum absolute atomic E-state index is 0.0500. The van der Waals surface area contributed by atoms with Crippen molar-refractivity contribution in [2.45, 2.75) is 11.4 Å². The molecule has 2 aliphatic heterocycles. The van der Waals surface area contributed by atoms with Crippen LogP contribution in [0.2, 0.25) is 0 Å². The number of ketones is 1. The third-order valence-electron chi connectivity index (χ3n) is 6.25. The molecule has 0 aliphatic carbocycles. The standard InChI is InChI=1S/C24H23N3O4S/c1-25-11-13-26(14-12-25)32(30,31)19-9-10-22-21(15-19)23(28)24(29)27(22)16-18-7-4-6-17-5-2-3-8-20(17)18/h2-10,15H,11-14,16H2,1H3. The molecule has 1 fully saturated rings. The average Bonchev–Trinajstić information content (AvgIpc) is 3.04. The fraction of sp³-hybridized carbons (Fsp3) is 0.250. The lowest BCUT2D eigenvalue weighted by atomic mass is 10.0. The zero-order valence-corrected chi connectivity index (χ0v) is 18.5. The van der Waals surface area contributed by atoms with Gasteiger partial charge in [0.2, 0.25) is 10.0 Å². The zero-order chi connectivity index (χ0) is 22.5. The van der Waals surface area contributed by atoms with Crippen LogP contribution >= 0.6 is 0 Å². The van der Waals surface area contributed by atoms with Crippen LogP contribution < -0.4 is 4.90 Å². The van der Waals surface area contributed by atoms with Gasteiger partial charge >= 0.3 is 0 Å². The van der Waals surface area contributed by atoms with Gasteiger partial charge in [-0.2, -0.15) is 4.31 Å². The lowest BCUT2D eigenvalue weighted by Crippen LogP contribution is -2.47. The molecule has 0 unspecified atom stereocenters. The number of carbonyl (C=O) groups is 2. The van der Waals surface area contributed by atoms with Crippen molar-refractivity contribution in [3.63, 3.8) is 0 Å². The Hall–Kier alpha value is -3.07. The number of piperazine rings is 1. The molecule has 1 saturated heterocycles. The van der Waals surface area contributed by atoms with Gasteiger partial charge in [-0.1, -0.05) is 42.5 Å². The Morgan fingerprint density at radius 3 is 2.38 bits per heavy atom. The van der Waals surface area contributed by atoms with Crippen LogP contribution in [0.15, 0.2) is 65.6 Å². The van der Waals surface area contributed by atoms with E-state index in [1.807, 2.05) is 49.5 Å². The number of fused-ring (bicyclic) bond motifs is 2. The van der Waals surface area contributed by atoms with Crippen LogP contribution in [0.3, 0.4) is 0 Å². The quantitative estimate of drug-likeness (QED) is 0.572. The van der Waals surface area contributed by atoms with Gasteiger partial charge in [0.25, 0.3) is 11.7 Å². The lowest BCUT2D eigenvalue weighted by molar-refractivity contribution is -0.114. The minimum atomic E-state index is -3.73. The van der Waals surface area contributed by atoms with Crippen LogP contribution in [-0.2, 0) is 21.4 Å². The molecule has 32 heavy (non-hydrogen) atoms. The number of Topliss-reactive ketones (excluding diaryl/α,β-unsaturated/α-hetero) is 1. The van der Waals surface area contributed by atoms with Crippen LogP contribution in [0.5, 0.6) is 0 Å². The first-order chi connectivity index (χ1) is 15.4. The molecule has 0 radical (unpaired) electrons. The van der Waals surface area contributed by atoms with Crippen molar-refractivity contribution in [2.24, 2.45) is 0 Å². The molecular formula is C24H23N3O4S. The Bertz CT molecular complexity index is 1340. The third kappa shape index (κ3) is 3.40. The van der Waals surface area contributed by atoms with Gasteiger partial charge in [0, 0.05) is 26.2 Å². The highest BCUT2D eigenvalue weighted by Crippen LogP contribution is 2.34. The summed E-state index contributed by atoms with van der Waals surface area (Å²) in [5, 5.41) is 2.06. The van der Waals surface area contributed by atoms with E-state index in [2.05, 4.69) is 4.90 Å². The van der Waals surface area contributed by atoms with Crippen molar-refractivity contribution < 1.29 is 18.0 Å². The van der Waals surface area contributed by atoms with Gasteiger partial charge in [-0.25, -0.2) is 8.42 Å². The number of rotatable bonds is 4. The molecular weight excluding hydrogens is 426 g/mol. The number of likely N-dealkylation sites (N-methyl/N-ethyl adjacent to an activating group) is 1. The number of sulfonamides is 1. The van der Waals surface area contributed by atoms with Gasteiger partial charge in [-0.05, 0) is 41.6 Å². The van der Waals surface area contributed by atoms with E-state index < -0.39 is 21.7 Å². The normalized spacial score (nSPS) is 17.8. The van der Waals surface area contributed by atoms with Crippen LogP contribution in [0, 0.1) is 0 Å². The minimum Gasteiger partial charge on any atom is -0.304 e. The van der Waals surface area contributed by atoms with E-state index in [0.717, 1.165) is 16.3 Å². The van der Waals surface area contributed by atoms with Gasteiger partial charge in [-0.15, -0.1) is 0 Å². The first kappa shape index (κ1) is 20.8. The predicted octanol–water partition coefficient (Wildman–Crippen LogP) is 2.51. The van der Waals surface area contributed by atoms with Crippen LogP contribution in [0.4, 0.5) is 5.69 Å². The van der Waals surface area contributed by atoms with E-state index >= 15 is 0 Å². The monoisotopic (exact) mass is 449 g/mol. The molecule has 7 nitrogen and oxygen atoms in total. The van der Waals surface area contributed by atoms with Crippen molar-refractivity contribution in [3.05, 3.63) is 71.8 Å². The number of benzene rings is 3. The van der Waals surface area contributed by atoms with Gasteiger partial charge in [0.1, 0.15) is 0 Å². The molecule has 8 heteroatoms. The van der Waals surface area contributed by atoms with Crippen molar-refractivity contribution in [2.75, 3.05) is 38.1 Å². The molecule has 2 aliphatic rings. The van der Waals surface area contributed by atoms with E-state index in [9.17, 15) is 18.0 Å². The maximum absolute atomic E-state index is 13.1. The van der Waals surface area contributed by atoms with Crippen molar-refractivity contribution >= 4 is 38.2 Å². The summed E-state index contributed by atoms with van der Waals surface area (Å²) in [5.74, 6) is -1.31. The van der Waals surface area contributed by atoms with Crippen molar-refractivity contribution in [1.82, 2.24) is 9.21 Å². The number of carbonyl (C=O) groups excluding carboxylic acids is 2. The second kappa shape index (κ2) is 7.81. The molecule has 0 bridgehead atoms. The highest BCUT2D eigenvalue weighted by molar-refractivity contribution is 7.89. The number of nitrogens with zero attached hydrogens (tertiary/aromatic N) is 3. The summed E-state index contributed by atoms with van der Waals surface area (Å²) in [7, 11) is -1.78. The molecule has 3 aromatic carbocycles. The Kier molecular flexibility index (Phi) is 5.08. The summed E-state index contributed by atoms with van der Waals surface area (Å²) in [6.07, 6.45) is 0. The first-order valence-electron chi connectivity index (χ1n) is 10.5. The van der Waals surface area contributed by atoms with E-state index in [4.69, 9.17) is 0 Å². The second-order valence-electron chi connectivity index (χ2n) is 8.25. The smallest absolute Gasteiger partial charge is 0.299 e. The summed E-state index contributed by atoms with van der Waals surface area (Å²) in [5.41, 5.74) is 1.52. The lowest BCUT2D eigenvalue weighted by Gasteiger charge is -2.31. The summed E-state index contributed by atoms with van der Waals surface area (Å²) >= 11 is 0.